The average molecular weight is 441 g/mol. The van der Waals surface area contributed by atoms with Crippen molar-refractivity contribution in [3.63, 3.8) is 0 Å². The molecule has 4 rings (SSSR count). The number of amides is 1. The molecule has 152 valence electrons. The molecular formula is C20H16N4O4S2. The summed E-state index contributed by atoms with van der Waals surface area (Å²) < 4.78 is 3.16. The van der Waals surface area contributed by atoms with Crippen molar-refractivity contribution in [2.24, 2.45) is 14.1 Å². The summed E-state index contributed by atoms with van der Waals surface area (Å²) in [7, 11) is 3.16. The van der Waals surface area contributed by atoms with Gasteiger partial charge in [-0.1, -0.05) is 54.3 Å². The molecule has 1 aliphatic rings. The Bertz CT molecular complexity index is 1310. The summed E-state index contributed by atoms with van der Waals surface area (Å²) in [5.41, 5.74) is 1.69. The van der Waals surface area contributed by atoms with Crippen LogP contribution in [0.1, 0.15) is 11.1 Å². The molecule has 0 N–H and O–H groups in total. The average Bonchev–Trinajstić information content (AvgIpc) is 3.10. The summed E-state index contributed by atoms with van der Waals surface area (Å²) in [6.07, 6.45) is 1.47. The maximum Gasteiger partial charge on any atom is 0.328 e. The van der Waals surface area contributed by atoms with Gasteiger partial charge in [-0.3, -0.25) is 28.9 Å². The zero-order valence-corrected chi connectivity index (χ0v) is 17.7. The van der Waals surface area contributed by atoms with Crippen molar-refractivity contribution in [1.82, 2.24) is 14.0 Å². The molecule has 0 saturated carbocycles. The Morgan fingerprint density at radius 3 is 2.37 bits per heavy atom. The molecule has 0 radical (unpaired) electrons. The van der Waals surface area contributed by atoms with Crippen LogP contribution in [-0.2, 0) is 25.4 Å². The lowest BCUT2D eigenvalue weighted by molar-refractivity contribution is -0.385. The van der Waals surface area contributed by atoms with Gasteiger partial charge in [-0.05, 0) is 17.7 Å². The van der Waals surface area contributed by atoms with E-state index in [2.05, 4.69) is 0 Å². The highest BCUT2D eigenvalue weighted by Crippen LogP contribution is 2.36. The first-order valence-corrected chi connectivity index (χ1v) is 10.1. The zero-order valence-electron chi connectivity index (χ0n) is 16.1. The second-order valence-corrected chi connectivity index (χ2v) is 8.49. The summed E-state index contributed by atoms with van der Waals surface area (Å²) >= 11 is 6.46. The van der Waals surface area contributed by atoms with E-state index in [0.717, 1.165) is 17.3 Å². The molecule has 0 unspecified atom stereocenters. The summed E-state index contributed by atoms with van der Waals surface area (Å²) in [5.74, 6) is -0.301. The van der Waals surface area contributed by atoms with Gasteiger partial charge in [0.2, 0.25) is 0 Å². The SMILES string of the molecule is Cn1c(=O)n(C)c2cc([N+](=O)[O-])c(/C=C3/SC(=S)N(Cc4ccccc4)C3=O)cc21. The third-order valence-electron chi connectivity index (χ3n) is 4.96. The molecule has 1 amide bonds. The van der Waals surface area contributed by atoms with Crippen LogP contribution in [0.2, 0.25) is 0 Å². The lowest BCUT2D eigenvalue weighted by atomic mass is 10.1. The second kappa shape index (κ2) is 7.54. The minimum atomic E-state index is -0.520. The maximum atomic E-state index is 12.9. The molecule has 1 fully saturated rings. The van der Waals surface area contributed by atoms with E-state index in [4.69, 9.17) is 12.2 Å². The number of carbonyl (C=O) groups is 1. The fourth-order valence-electron chi connectivity index (χ4n) is 3.37. The Hall–Kier alpha value is -3.24. The predicted molar refractivity (Wildman–Crippen MR) is 120 cm³/mol. The fourth-order valence-corrected chi connectivity index (χ4v) is 4.61. The Kier molecular flexibility index (Phi) is 5.04. The lowest BCUT2D eigenvalue weighted by Crippen LogP contribution is -2.27. The number of aryl methyl sites for hydroxylation is 2. The number of fused-ring (bicyclic) bond motifs is 1. The van der Waals surface area contributed by atoms with Crippen LogP contribution < -0.4 is 5.69 Å². The normalized spacial score (nSPS) is 15.5. The molecule has 8 nitrogen and oxygen atoms in total. The molecule has 0 atom stereocenters. The highest BCUT2D eigenvalue weighted by Gasteiger charge is 2.33. The van der Waals surface area contributed by atoms with Crippen LogP contribution in [-0.4, -0.2) is 29.2 Å². The van der Waals surface area contributed by atoms with E-state index in [9.17, 15) is 19.7 Å². The number of benzene rings is 2. The number of nitro benzene ring substituents is 1. The monoisotopic (exact) mass is 440 g/mol. The molecule has 2 aromatic carbocycles. The number of hydrogen-bond donors (Lipinski definition) is 0. The molecule has 0 aliphatic carbocycles. The smallest absolute Gasteiger partial charge is 0.295 e. The molecular weight excluding hydrogens is 424 g/mol. The Morgan fingerprint density at radius 2 is 1.73 bits per heavy atom. The van der Waals surface area contributed by atoms with Gasteiger partial charge >= 0.3 is 5.69 Å². The Morgan fingerprint density at radius 1 is 1.10 bits per heavy atom. The summed E-state index contributed by atoms with van der Waals surface area (Å²) in [6, 6.07) is 12.4. The van der Waals surface area contributed by atoms with Gasteiger partial charge in [0.25, 0.3) is 11.6 Å². The number of nitro groups is 1. The Labute approximate surface area is 180 Å². The molecule has 10 heteroatoms. The Balaban J connectivity index is 1.77. The topological polar surface area (TPSA) is 90.4 Å². The van der Waals surface area contributed by atoms with E-state index in [1.165, 1.54) is 26.2 Å². The predicted octanol–water partition coefficient (Wildman–Crippen LogP) is 3.19. The molecule has 1 saturated heterocycles. The highest BCUT2D eigenvalue weighted by molar-refractivity contribution is 8.26. The van der Waals surface area contributed by atoms with E-state index < -0.39 is 4.92 Å². The minimum absolute atomic E-state index is 0.183. The van der Waals surface area contributed by atoms with Gasteiger partial charge < -0.3 is 0 Å². The zero-order chi connectivity index (χ0) is 21.6. The van der Waals surface area contributed by atoms with Crippen LogP contribution in [0.4, 0.5) is 5.69 Å². The molecule has 2 heterocycles. The number of thiocarbonyl (C=S) groups is 1. The van der Waals surface area contributed by atoms with Gasteiger partial charge in [-0.2, -0.15) is 0 Å². The van der Waals surface area contributed by atoms with Gasteiger partial charge in [0.15, 0.2) is 0 Å². The van der Waals surface area contributed by atoms with Gasteiger partial charge in [0.05, 0.1) is 33.0 Å². The molecule has 3 aromatic rings. The number of nitrogens with zero attached hydrogens (tertiary/aromatic N) is 4. The van der Waals surface area contributed by atoms with Crippen molar-refractivity contribution in [3.8, 4) is 0 Å². The largest absolute Gasteiger partial charge is 0.328 e. The van der Waals surface area contributed by atoms with Crippen molar-refractivity contribution in [1.29, 1.82) is 0 Å². The van der Waals surface area contributed by atoms with Crippen molar-refractivity contribution in [3.05, 3.63) is 79.1 Å². The van der Waals surface area contributed by atoms with Crippen molar-refractivity contribution in [2.75, 3.05) is 0 Å². The summed E-state index contributed by atoms with van der Waals surface area (Å²) in [4.78, 5) is 38.0. The number of rotatable bonds is 4. The molecule has 0 bridgehead atoms. The molecule has 30 heavy (non-hydrogen) atoms. The van der Waals surface area contributed by atoms with Crippen LogP contribution in [0.15, 0.2) is 52.2 Å². The van der Waals surface area contributed by atoms with E-state index in [1.807, 2.05) is 30.3 Å². The van der Waals surface area contributed by atoms with Crippen LogP contribution in [0, 0.1) is 10.1 Å². The first-order valence-electron chi connectivity index (χ1n) is 8.91. The quantitative estimate of drug-likeness (QED) is 0.268. The first kappa shape index (κ1) is 20.0. The number of carbonyl (C=O) groups excluding carboxylic acids is 1. The number of thioether (sulfide) groups is 1. The van der Waals surface area contributed by atoms with Gasteiger partial charge in [0.1, 0.15) is 4.32 Å². The van der Waals surface area contributed by atoms with Crippen molar-refractivity contribution in [2.45, 2.75) is 6.54 Å². The van der Waals surface area contributed by atoms with Crippen LogP contribution in [0.25, 0.3) is 17.1 Å². The van der Waals surface area contributed by atoms with Crippen molar-refractivity contribution < 1.29 is 9.72 Å². The fraction of sp³-hybridized carbons (Fsp3) is 0.150. The van der Waals surface area contributed by atoms with Crippen molar-refractivity contribution >= 4 is 57.0 Å². The van der Waals surface area contributed by atoms with E-state index in [1.54, 1.807) is 20.2 Å². The van der Waals surface area contributed by atoms with E-state index >= 15 is 0 Å². The molecule has 1 aromatic heterocycles. The van der Waals surface area contributed by atoms with Crippen LogP contribution in [0.5, 0.6) is 0 Å². The second-order valence-electron chi connectivity index (χ2n) is 6.81. The third-order valence-corrected chi connectivity index (χ3v) is 6.34. The van der Waals surface area contributed by atoms with Crippen LogP contribution in [0.3, 0.4) is 0 Å². The van der Waals surface area contributed by atoms with Crippen LogP contribution >= 0.6 is 24.0 Å². The number of hydrogen-bond acceptors (Lipinski definition) is 6. The summed E-state index contributed by atoms with van der Waals surface area (Å²) in [6.45, 7) is 0.331. The van der Waals surface area contributed by atoms with E-state index in [-0.39, 0.29) is 22.8 Å². The molecule has 0 spiro atoms. The highest BCUT2D eigenvalue weighted by atomic mass is 32.2. The minimum Gasteiger partial charge on any atom is -0.295 e. The molecule has 1 aliphatic heterocycles. The van der Waals surface area contributed by atoms with Gasteiger partial charge in [-0.15, -0.1) is 0 Å². The number of aromatic nitrogens is 2. The van der Waals surface area contributed by atoms with Gasteiger partial charge in [0, 0.05) is 20.2 Å². The third kappa shape index (κ3) is 3.33. The van der Waals surface area contributed by atoms with Gasteiger partial charge in [-0.25, -0.2) is 4.79 Å². The standard InChI is InChI=1S/C20H16N4O4S2/c1-21-15-8-13(14(24(27)28)10-16(15)22(2)19(21)26)9-17-18(25)23(20(29)30-17)11-12-6-4-3-5-7-12/h3-10H,11H2,1-2H3/b17-9+. The number of imidazole rings is 1. The lowest BCUT2D eigenvalue weighted by Gasteiger charge is -2.14. The summed E-state index contributed by atoms with van der Waals surface area (Å²) in [5, 5.41) is 11.6. The van der Waals surface area contributed by atoms with E-state index in [0.29, 0.717) is 26.8 Å². The first-order chi connectivity index (χ1) is 14.3. The maximum absolute atomic E-state index is 12.9.